The van der Waals surface area contributed by atoms with Crippen molar-refractivity contribution in [2.45, 2.75) is 52.5 Å². The van der Waals surface area contributed by atoms with E-state index in [0.29, 0.717) is 30.6 Å². The molecule has 0 aromatic heterocycles. The summed E-state index contributed by atoms with van der Waals surface area (Å²) in [5, 5.41) is 3.21. The molecule has 19 heavy (non-hydrogen) atoms. The molecule has 4 heteroatoms. The van der Waals surface area contributed by atoms with Gasteiger partial charge in [-0.2, -0.15) is 0 Å². The lowest BCUT2D eigenvalue weighted by Gasteiger charge is -2.32. The van der Waals surface area contributed by atoms with E-state index in [2.05, 4.69) is 31.1 Å². The Kier molecular flexibility index (Phi) is 4.38. The van der Waals surface area contributed by atoms with Gasteiger partial charge in [-0.1, -0.05) is 20.3 Å². The summed E-state index contributed by atoms with van der Waals surface area (Å²) in [6, 6.07) is 0.306. The molecule has 0 aromatic carbocycles. The van der Waals surface area contributed by atoms with Crippen LogP contribution in [0.5, 0.6) is 0 Å². The standard InChI is InChI=1S/C15H24N2O2/c1-4-9(2)11-7-12(18)14(13(19)8-11)15-16-6-5-10(3)17-15/h9-11,14H,4-8H2,1-3H3,(H,16,17). The molecular formula is C15H24N2O2. The number of carbonyl (C=O) groups excluding carboxylic acids is 2. The van der Waals surface area contributed by atoms with Crippen molar-refractivity contribution in [2.24, 2.45) is 22.7 Å². The SMILES string of the molecule is CCC(C)C1CC(=O)C(C2=NCCC(C)N2)C(=O)C1. The van der Waals surface area contributed by atoms with Crippen LogP contribution in [0.15, 0.2) is 4.99 Å². The molecule has 0 spiro atoms. The summed E-state index contributed by atoms with van der Waals surface area (Å²) in [6.45, 7) is 7.02. The van der Waals surface area contributed by atoms with Gasteiger partial charge in [-0.15, -0.1) is 0 Å². The molecule has 0 bridgehead atoms. The van der Waals surface area contributed by atoms with Gasteiger partial charge >= 0.3 is 0 Å². The van der Waals surface area contributed by atoms with Crippen LogP contribution in [0.4, 0.5) is 0 Å². The fourth-order valence-electron chi connectivity index (χ4n) is 2.97. The van der Waals surface area contributed by atoms with Crippen LogP contribution >= 0.6 is 0 Å². The van der Waals surface area contributed by atoms with E-state index in [9.17, 15) is 9.59 Å². The average Bonchev–Trinajstić information content (AvgIpc) is 2.37. The lowest BCUT2D eigenvalue weighted by molar-refractivity contribution is -0.135. The summed E-state index contributed by atoms with van der Waals surface area (Å²) in [6.07, 6.45) is 3.04. The van der Waals surface area contributed by atoms with Gasteiger partial charge in [-0.25, -0.2) is 0 Å². The highest BCUT2D eigenvalue weighted by Crippen LogP contribution is 2.31. The van der Waals surface area contributed by atoms with E-state index in [1.807, 2.05) is 0 Å². The highest BCUT2D eigenvalue weighted by atomic mass is 16.2. The second-order valence-electron chi connectivity index (χ2n) is 6.02. The number of nitrogens with one attached hydrogen (secondary N) is 1. The third kappa shape index (κ3) is 3.04. The molecule has 2 rings (SSSR count). The number of hydrogen-bond acceptors (Lipinski definition) is 4. The van der Waals surface area contributed by atoms with Crippen molar-refractivity contribution < 1.29 is 9.59 Å². The summed E-state index contributed by atoms with van der Waals surface area (Å²) in [7, 11) is 0. The highest BCUT2D eigenvalue weighted by molar-refractivity contribution is 6.21. The molecule has 0 amide bonds. The van der Waals surface area contributed by atoms with Crippen LogP contribution in [0, 0.1) is 17.8 Å². The van der Waals surface area contributed by atoms with Crippen molar-refractivity contribution in [3.05, 3.63) is 0 Å². The Balaban J connectivity index is 2.10. The smallest absolute Gasteiger partial charge is 0.151 e. The van der Waals surface area contributed by atoms with Crippen LogP contribution in [-0.2, 0) is 9.59 Å². The average molecular weight is 264 g/mol. The minimum absolute atomic E-state index is 0.0573. The molecule has 1 aliphatic carbocycles. The normalized spacial score (nSPS) is 33.6. The van der Waals surface area contributed by atoms with Gasteiger partial charge in [0.25, 0.3) is 0 Å². The Labute approximate surface area is 115 Å². The van der Waals surface area contributed by atoms with Gasteiger partial charge in [-0.3, -0.25) is 14.6 Å². The summed E-state index contributed by atoms with van der Waals surface area (Å²) in [4.78, 5) is 29.0. The van der Waals surface area contributed by atoms with Crippen molar-refractivity contribution in [1.82, 2.24) is 5.32 Å². The number of rotatable bonds is 3. The van der Waals surface area contributed by atoms with Crippen LogP contribution in [-0.4, -0.2) is 30.0 Å². The van der Waals surface area contributed by atoms with Gasteiger partial charge in [0.2, 0.25) is 0 Å². The predicted molar refractivity (Wildman–Crippen MR) is 75.2 cm³/mol. The first kappa shape index (κ1) is 14.2. The monoisotopic (exact) mass is 264 g/mol. The van der Waals surface area contributed by atoms with Crippen molar-refractivity contribution in [1.29, 1.82) is 0 Å². The Bertz CT molecular complexity index is 385. The molecule has 106 valence electrons. The molecule has 1 heterocycles. The zero-order valence-electron chi connectivity index (χ0n) is 12.1. The van der Waals surface area contributed by atoms with E-state index < -0.39 is 5.92 Å². The number of nitrogens with zero attached hydrogens (tertiary/aromatic N) is 1. The van der Waals surface area contributed by atoms with Crippen LogP contribution in [0.2, 0.25) is 0 Å². The minimum Gasteiger partial charge on any atom is -0.370 e. The highest BCUT2D eigenvalue weighted by Gasteiger charge is 2.40. The van der Waals surface area contributed by atoms with Crippen molar-refractivity contribution >= 4 is 17.4 Å². The lowest BCUT2D eigenvalue weighted by Crippen LogP contribution is -2.49. The third-order valence-corrected chi connectivity index (χ3v) is 4.53. The van der Waals surface area contributed by atoms with Gasteiger partial charge in [0.05, 0.1) is 0 Å². The number of carbonyl (C=O) groups is 2. The molecule has 2 unspecified atom stereocenters. The summed E-state index contributed by atoms with van der Waals surface area (Å²) >= 11 is 0. The van der Waals surface area contributed by atoms with Crippen molar-refractivity contribution in [3.63, 3.8) is 0 Å². The topological polar surface area (TPSA) is 58.5 Å². The maximum atomic E-state index is 12.3. The Morgan fingerprint density at radius 1 is 1.32 bits per heavy atom. The first-order chi connectivity index (χ1) is 9.02. The number of hydrogen-bond donors (Lipinski definition) is 1. The fourth-order valence-corrected chi connectivity index (χ4v) is 2.97. The van der Waals surface area contributed by atoms with Gasteiger partial charge in [0, 0.05) is 25.4 Å². The molecule has 0 radical (unpaired) electrons. The Morgan fingerprint density at radius 3 is 2.47 bits per heavy atom. The fraction of sp³-hybridized carbons (Fsp3) is 0.800. The largest absolute Gasteiger partial charge is 0.370 e. The maximum absolute atomic E-state index is 12.3. The van der Waals surface area contributed by atoms with E-state index in [0.717, 1.165) is 19.4 Å². The number of aliphatic imine (C=N–C) groups is 1. The van der Waals surface area contributed by atoms with E-state index in [1.165, 1.54) is 0 Å². The van der Waals surface area contributed by atoms with Crippen LogP contribution < -0.4 is 5.32 Å². The quantitative estimate of drug-likeness (QED) is 0.793. The van der Waals surface area contributed by atoms with Crippen LogP contribution in [0.25, 0.3) is 0 Å². The second kappa shape index (κ2) is 5.85. The van der Waals surface area contributed by atoms with E-state index in [-0.39, 0.29) is 17.5 Å². The molecule has 2 aliphatic rings. The molecule has 0 aromatic rings. The summed E-state index contributed by atoms with van der Waals surface area (Å²) in [5.41, 5.74) is 0. The summed E-state index contributed by atoms with van der Waals surface area (Å²) < 4.78 is 0. The number of Topliss-reactive ketones (excluding diaryl/α,β-unsaturated/α-hetero) is 2. The number of ketones is 2. The molecular weight excluding hydrogens is 240 g/mol. The van der Waals surface area contributed by atoms with E-state index in [4.69, 9.17) is 0 Å². The molecule has 1 saturated carbocycles. The molecule has 2 atom stereocenters. The molecule has 1 fully saturated rings. The van der Waals surface area contributed by atoms with Gasteiger partial charge in [-0.05, 0) is 25.2 Å². The maximum Gasteiger partial charge on any atom is 0.151 e. The Hall–Kier alpha value is -1.19. The molecule has 1 N–H and O–H groups in total. The third-order valence-electron chi connectivity index (χ3n) is 4.53. The second-order valence-corrected chi connectivity index (χ2v) is 6.02. The number of amidine groups is 1. The lowest BCUT2D eigenvalue weighted by atomic mass is 9.73. The van der Waals surface area contributed by atoms with Crippen LogP contribution in [0.3, 0.4) is 0 Å². The first-order valence-electron chi connectivity index (χ1n) is 7.39. The van der Waals surface area contributed by atoms with Gasteiger partial charge in [0.15, 0.2) is 11.6 Å². The van der Waals surface area contributed by atoms with Crippen molar-refractivity contribution in [2.75, 3.05) is 6.54 Å². The minimum atomic E-state index is -0.608. The molecule has 0 saturated heterocycles. The zero-order valence-corrected chi connectivity index (χ0v) is 12.1. The summed E-state index contributed by atoms with van der Waals surface area (Å²) in [5.74, 6) is 0.792. The van der Waals surface area contributed by atoms with Gasteiger partial charge < -0.3 is 5.32 Å². The first-order valence-corrected chi connectivity index (χ1v) is 7.39. The predicted octanol–water partition coefficient (Wildman–Crippen LogP) is 1.98. The molecule has 4 nitrogen and oxygen atoms in total. The zero-order chi connectivity index (χ0) is 14.0. The van der Waals surface area contributed by atoms with Crippen LogP contribution in [0.1, 0.15) is 46.5 Å². The van der Waals surface area contributed by atoms with E-state index >= 15 is 0 Å². The van der Waals surface area contributed by atoms with Gasteiger partial charge in [0.1, 0.15) is 11.8 Å². The Morgan fingerprint density at radius 2 is 1.95 bits per heavy atom. The van der Waals surface area contributed by atoms with Crippen molar-refractivity contribution in [3.8, 4) is 0 Å². The molecule has 1 aliphatic heterocycles. The van der Waals surface area contributed by atoms with E-state index in [1.54, 1.807) is 0 Å².